The third-order valence-corrected chi connectivity index (χ3v) is 13.2. The second kappa shape index (κ2) is 42.2. The van der Waals surface area contributed by atoms with Crippen LogP contribution >= 0.6 is 0 Å². The first-order valence-corrected chi connectivity index (χ1v) is 27.2. The van der Waals surface area contributed by atoms with Crippen molar-refractivity contribution >= 4 is 23.9 Å². The lowest BCUT2D eigenvalue weighted by Gasteiger charge is -2.34. The largest absolute Gasteiger partial charge is 0.465 e. The molecule has 0 aromatic carbocycles. The van der Waals surface area contributed by atoms with E-state index in [1.807, 2.05) is 0 Å². The summed E-state index contributed by atoms with van der Waals surface area (Å²) in [6.45, 7) is 12.5. The van der Waals surface area contributed by atoms with E-state index >= 15 is 0 Å². The van der Waals surface area contributed by atoms with Gasteiger partial charge in [-0.3, -0.25) is 19.2 Å². The zero-order chi connectivity index (χ0) is 46.8. The summed E-state index contributed by atoms with van der Waals surface area (Å²) in [6, 6.07) is 0. The maximum atomic E-state index is 12.6. The van der Waals surface area contributed by atoms with Gasteiger partial charge in [-0.1, -0.05) is 163 Å². The van der Waals surface area contributed by atoms with Gasteiger partial charge in [-0.05, 0) is 83.7 Å². The monoisotopic (exact) mass is 908 g/mol. The molecule has 0 aliphatic heterocycles. The molecule has 0 saturated heterocycles. The summed E-state index contributed by atoms with van der Waals surface area (Å²) in [5.74, 6) is -0.720. The number of nitrogens with zero attached hydrogens (tertiary/aromatic N) is 1. The van der Waals surface area contributed by atoms with E-state index in [-0.39, 0.29) is 62.1 Å². The Morgan fingerprint density at radius 3 is 1.05 bits per heavy atom. The Morgan fingerprint density at radius 1 is 0.422 bits per heavy atom. The van der Waals surface area contributed by atoms with Gasteiger partial charge in [-0.2, -0.15) is 0 Å². The Kier molecular flexibility index (Phi) is 39.4. The highest BCUT2D eigenvalue weighted by atomic mass is 16.6. The number of unbranched alkanes of at least 4 members (excludes halogenated alkanes) is 18. The van der Waals surface area contributed by atoms with Crippen LogP contribution in [0.3, 0.4) is 0 Å². The Labute approximate surface area is 393 Å². The van der Waals surface area contributed by atoms with E-state index in [2.05, 4.69) is 32.6 Å². The van der Waals surface area contributed by atoms with Gasteiger partial charge in [-0.25, -0.2) is 0 Å². The van der Waals surface area contributed by atoms with Crippen molar-refractivity contribution in [1.82, 2.24) is 4.90 Å². The molecule has 1 rings (SSSR count). The quantitative estimate of drug-likeness (QED) is 0.0358. The van der Waals surface area contributed by atoms with Crippen molar-refractivity contribution in [2.24, 2.45) is 11.8 Å². The van der Waals surface area contributed by atoms with Gasteiger partial charge in [-0.15, -0.1) is 0 Å². The van der Waals surface area contributed by atoms with Crippen LogP contribution in [0.1, 0.15) is 259 Å². The van der Waals surface area contributed by atoms with E-state index in [1.165, 1.54) is 57.8 Å². The van der Waals surface area contributed by atoms with Crippen molar-refractivity contribution in [3.8, 4) is 0 Å². The summed E-state index contributed by atoms with van der Waals surface area (Å²) in [5.41, 5.74) is -0.591. The maximum Gasteiger partial charge on any atom is 0.305 e. The lowest BCUT2D eigenvalue weighted by molar-refractivity contribution is -0.151. The minimum Gasteiger partial charge on any atom is -0.465 e. The number of rotatable bonds is 45. The number of esters is 4. The Bertz CT molecular complexity index is 994. The molecule has 1 aliphatic carbocycles. The van der Waals surface area contributed by atoms with Crippen molar-refractivity contribution < 1.29 is 43.2 Å². The number of ether oxygens (including phenoxy) is 4. The fourth-order valence-electron chi connectivity index (χ4n) is 8.75. The highest BCUT2D eigenvalue weighted by molar-refractivity contribution is 5.70. The Balaban J connectivity index is 2.82. The summed E-state index contributed by atoms with van der Waals surface area (Å²) in [5, 5.41) is 11.4. The first-order valence-electron chi connectivity index (χ1n) is 27.2. The van der Waals surface area contributed by atoms with Crippen molar-refractivity contribution in [3.05, 3.63) is 0 Å². The molecule has 0 amide bonds. The smallest absolute Gasteiger partial charge is 0.305 e. The first kappa shape index (κ1) is 59.8. The Morgan fingerprint density at radius 2 is 0.734 bits per heavy atom. The summed E-state index contributed by atoms with van der Waals surface area (Å²) in [6.07, 6.45) is 34.5. The number of carbonyl (C=O) groups excluding carboxylic acids is 4. The van der Waals surface area contributed by atoms with Gasteiger partial charge in [0, 0.05) is 44.1 Å². The molecule has 10 heteroatoms. The van der Waals surface area contributed by atoms with Gasteiger partial charge < -0.3 is 29.0 Å². The average molecular weight is 908 g/mol. The molecule has 1 fully saturated rings. The summed E-state index contributed by atoms with van der Waals surface area (Å²) < 4.78 is 23.0. The summed E-state index contributed by atoms with van der Waals surface area (Å²) >= 11 is 0. The molecule has 0 heterocycles. The van der Waals surface area contributed by atoms with Crippen LogP contribution in [0.4, 0.5) is 0 Å². The SMILES string of the molecule is CCCCCCCC(=O)OCC(CCCCN(CCCCC(COC(=O)CCCCCCC)COC(=O)CCCCCCC)CCC1(O)CCCCC1)COC(=O)CCCCCCC. The molecule has 1 aliphatic rings. The highest BCUT2D eigenvalue weighted by Crippen LogP contribution is 2.31. The molecule has 0 atom stereocenters. The number of hydrogen-bond acceptors (Lipinski definition) is 10. The van der Waals surface area contributed by atoms with Crippen molar-refractivity contribution in [2.75, 3.05) is 46.1 Å². The summed E-state index contributed by atoms with van der Waals surface area (Å²) in [7, 11) is 0. The molecule has 1 saturated carbocycles. The van der Waals surface area contributed by atoms with Crippen molar-refractivity contribution in [3.63, 3.8) is 0 Å². The van der Waals surface area contributed by atoms with Crippen LogP contribution in [0.25, 0.3) is 0 Å². The minimum atomic E-state index is -0.591. The van der Waals surface area contributed by atoms with Gasteiger partial charge >= 0.3 is 23.9 Å². The molecule has 0 unspecified atom stereocenters. The molecule has 0 aromatic heterocycles. The fourth-order valence-corrected chi connectivity index (χ4v) is 8.75. The number of aliphatic hydroxyl groups is 1. The van der Waals surface area contributed by atoms with Crippen LogP contribution in [0, 0.1) is 11.8 Å². The van der Waals surface area contributed by atoms with E-state index in [0.29, 0.717) is 25.7 Å². The molecule has 376 valence electrons. The second-order valence-electron chi connectivity index (χ2n) is 19.5. The highest BCUT2D eigenvalue weighted by Gasteiger charge is 2.29. The maximum absolute atomic E-state index is 12.6. The van der Waals surface area contributed by atoms with Crippen molar-refractivity contribution in [1.29, 1.82) is 0 Å². The number of hydrogen-bond donors (Lipinski definition) is 1. The van der Waals surface area contributed by atoms with Gasteiger partial charge in [0.05, 0.1) is 32.0 Å². The van der Waals surface area contributed by atoms with E-state index in [4.69, 9.17) is 18.9 Å². The van der Waals surface area contributed by atoms with Crippen LogP contribution < -0.4 is 0 Å². The molecule has 64 heavy (non-hydrogen) atoms. The predicted molar refractivity (Wildman–Crippen MR) is 261 cm³/mol. The topological polar surface area (TPSA) is 129 Å². The minimum absolute atomic E-state index is 0.0354. The lowest BCUT2D eigenvalue weighted by Crippen LogP contribution is -2.37. The first-order chi connectivity index (χ1) is 31.1. The average Bonchev–Trinajstić information content (AvgIpc) is 3.29. The lowest BCUT2D eigenvalue weighted by atomic mass is 9.82. The molecule has 1 N–H and O–H groups in total. The van der Waals surface area contributed by atoms with Gasteiger partial charge in [0.25, 0.3) is 0 Å². The van der Waals surface area contributed by atoms with E-state index < -0.39 is 5.60 Å². The van der Waals surface area contributed by atoms with Gasteiger partial charge in [0.2, 0.25) is 0 Å². The zero-order valence-corrected chi connectivity index (χ0v) is 42.2. The zero-order valence-electron chi connectivity index (χ0n) is 42.2. The van der Waals surface area contributed by atoms with Crippen LogP contribution in [-0.2, 0) is 38.1 Å². The van der Waals surface area contributed by atoms with Crippen molar-refractivity contribution in [2.45, 2.75) is 264 Å². The molecular weight excluding hydrogens is 807 g/mol. The Hall–Kier alpha value is -2.20. The van der Waals surface area contributed by atoms with Crippen LogP contribution in [0.15, 0.2) is 0 Å². The van der Waals surface area contributed by atoms with Crippen LogP contribution in [0.2, 0.25) is 0 Å². The molecule has 0 radical (unpaired) electrons. The predicted octanol–water partition coefficient (Wildman–Crippen LogP) is 13.6. The molecule has 10 nitrogen and oxygen atoms in total. The van der Waals surface area contributed by atoms with E-state index in [1.54, 1.807) is 0 Å². The third kappa shape index (κ3) is 36.0. The van der Waals surface area contributed by atoms with Gasteiger partial charge in [0.1, 0.15) is 0 Å². The van der Waals surface area contributed by atoms with Crippen LogP contribution in [0.5, 0.6) is 0 Å². The molecule has 0 bridgehead atoms. The normalized spacial score (nSPS) is 13.8. The fraction of sp³-hybridized carbons (Fsp3) is 0.926. The van der Waals surface area contributed by atoms with E-state index in [9.17, 15) is 24.3 Å². The van der Waals surface area contributed by atoms with E-state index in [0.717, 1.165) is 167 Å². The standard InChI is InChI=1S/C54H101NO9/c1-5-9-13-17-22-34-50(56)61-44-48(45-62-51(57)35-23-18-14-10-6-2)32-26-30-41-55(43-40-54(60)38-28-21-29-39-54)42-31-27-33-49(46-63-52(58)36-24-19-15-11-7-3)47-64-53(59)37-25-20-16-12-8-4/h48-49,60H,5-47H2,1-4H3. The number of carbonyl (C=O) groups is 4. The third-order valence-electron chi connectivity index (χ3n) is 13.2. The van der Waals surface area contributed by atoms with Gasteiger partial charge in [0.15, 0.2) is 0 Å². The molecule has 0 aromatic rings. The summed E-state index contributed by atoms with van der Waals surface area (Å²) in [4.78, 5) is 53.0. The molecular formula is C54H101NO9. The second-order valence-corrected chi connectivity index (χ2v) is 19.5. The molecule has 0 spiro atoms. The van der Waals surface area contributed by atoms with Crippen LogP contribution in [-0.4, -0.2) is 85.5 Å².